The van der Waals surface area contributed by atoms with Gasteiger partial charge in [0, 0.05) is 24.1 Å². The minimum Gasteiger partial charge on any atom is -0.358 e. The van der Waals surface area contributed by atoms with E-state index in [0.29, 0.717) is 19.5 Å². The van der Waals surface area contributed by atoms with Gasteiger partial charge in [0.1, 0.15) is 0 Å². The first-order valence-corrected chi connectivity index (χ1v) is 4.77. The zero-order valence-electron chi connectivity index (χ0n) is 8.79. The lowest BCUT2D eigenvalue weighted by Crippen LogP contribution is -2.25. The molecular formula is C8H10N6O3. The summed E-state index contributed by atoms with van der Waals surface area (Å²) in [6, 6.07) is 2.55. The van der Waals surface area contributed by atoms with Gasteiger partial charge in [0.2, 0.25) is 0 Å². The summed E-state index contributed by atoms with van der Waals surface area (Å²) in [4.78, 5) is 26.1. The molecule has 90 valence electrons. The molecule has 9 nitrogen and oxygen atoms in total. The second kappa shape index (κ2) is 6.13. The maximum absolute atomic E-state index is 11.4. The highest BCUT2D eigenvalue weighted by atomic mass is 16.6. The highest BCUT2D eigenvalue weighted by molar-refractivity contribution is 5.92. The number of H-pyrrole nitrogens is 1. The average Bonchev–Trinajstić information content (AvgIpc) is 2.78. The fraction of sp³-hybridized carbons (Fsp3) is 0.375. The van der Waals surface area contributed by atoms with Crippen LogP contribution in [0.25, 0.3) is 10.4 Å². The van der Waals surface area contributed by atoms with Crippen molar-refractivity contribution in [3.8, 4) is 0 Å². The molecule has 0 saturated heterocycles. The van der Waals surface area contributed by atoms with E-state index in [2.05, 4.69) is 20.3 Å². The zero-order chi connectivity index (χ0) is 12.7. The van der Waals surface area contributed by atoms with Crippen LogP contribution >= 0.6 is 0 Å². The third-order valence-electron chi connectivity index (χ3n) is 1.90. The summed E-state index contributed by atoms with van der Waals surface area (Å²) in [5.74, 6) is -0.664. The van der Waals surface area contributed by atoms with E-state index < -0.39 is 10.8 Å². The fourth-order valence-corrected chi connectivity index (χ4v) is 1.11. The van der Waals surface area contributed by atoms with Gasteiger partial charge < -0.3 is 15.4 Å². The number of aromatic amines is 1. The maximum Gasteiger partial charge on any atom is 0.321 e. The average molecular weight is 238 g/mol. The number of rotatable bonds is 6. The van der Waals surface area contributed by atoms with Gasteiger partial charge in [-0.15, -0.1) is 0 Å². The molecule has 1 aromatic rings. The number of carbonyl (C=O) groups is 1. The molecule has 0 spiro atoms. The predicted molar refractivity (Wildman–Crippen MR) is 58.4 cm³/mol. The Morgan fingerprint density at radius 2 is 2.41 bits per heavy atom. The Hall–Kier alpha value is -2.54. The van der Waals surface area contributed by atoms with Gasteiger partial charge in [-0.05, 0) is 22.9 Å². The summed E-state index contributed by atoms with van der Waals surface area (Å²) in [7, 11) is 0. The second-order valence-electron chi connectivity index (χ2n) is 3.08. The summed E-state index contributed by atoms with van der Waals surface area (Å²) in [5, 5.41) is 16.2. The first-order valence-electron chi connectivity index (χ1n) is 4.77. The SMILES string of the molecule is [N-]=[N+]=NCCCNC(=O)c1ccc([N+](=O)[O-])[nH]1. The standard InChI is InChI=1S/C8H10N6O3/c9-13-11-5-1-4-10-8(15)6-2-3-7(12-6)14(16)17/h2-3,12H,1,4-5H2,(H,10,15). The first-order chi connectivity index (χ1) is 8.15. The molecule has 0 bridgehead atoms. The summed E-state index contributed by atoms with van der Waals surface area (Å²) in [6.45, 7) is 0.631. The molecule has 0 aliphatic heterocycles. The van der Waals surface area contributed by atoms with Crippen LogP contribution in [0.2, 0.25) is 0 Å². The molecule has 0 saturated carbocycles. The van der Waals surface area contributed by atoms with Gasteiger partial charge in [-0.25, -0.2) is 4.98 Å². The Bertz CT molecular complexity index is 462. The quantitative estimate of drug-likeness (QED) is 0.193. The van der Waals surface area contributed by atoms with Crippen molar-refractivity contribution in [2.75, 3.05) is 13.1 Å². The highest BCUT2D eigenvalue weighted by Crippen LogP contribution is 2.09. The third-order valence-corrected chi connectivity index (χ3v) is 1.90. The van der Waals surface area contributed by atoms with E-state index in [1.54, 1.807) is 0 Å². The third kappa shape index (κ3) is 3.84. The number of amides is 1. The molecule has 17 heavy (non-hydrogen) atoms. The van der Waals surface area contributed by atoms with Crippen LogP contribution in [0.5, 0.6) is 0 Å². The van der Waals surface area contributed by atoms with E-state index in [1.165, 1.54) is 12.1 Å². The van der Waals surface area contributed by atoms with E-state index in [-0.39, 0.29) is 11.5 Å². The van der Waals surface area contributed by atoms with E-state index in [1.807, 2.05) is 0 Å². The molecule has 9 heteroatoms. The van der Waals surface area contributed by atoms with Crippen LogP contribution in [0.3, 0.4) is 0 Å². The number of aromatic nitrogens is 1. The molecule has 0 radical (unpaired) electrons. The van der Waals surface area contributed by atoms with Crippen molar-refractivity contribution in [1.29, 1.82) is 0 Å². The largest absolute Gasteiger partial charge is 0.358 e. The van der Waals surface area contributed by atoms with Crippen LogP contribution in [0.15, 0.2) is 17.2 Å². The molecule has 0 unspecified atom stereocenters. The smallest absolute Gasteiger partial charge is 0.321 e. The topological polar surface area (TPSA) is 137 Å². The maximum atomic E-state index is 11.4. The molecule has 1 heterocycles. The summed E-state index contributed by atoms with van der Waals surface area (Å²) >= 11 is 0. The van der Waals surface area contributed by atoms with Crippen molar-refractivity contribution >= 4 is 11.7 Å². The predicted octanol–water partition coefficient (Wildman–Crippen LogP) is 1.35. The van der Waals surface area contributed by atoms with Crippen molar-refractivity contribution in [2.24, 2.45) is 5.11 Å². The van der Waals surface area contributed by atoms with Crippen molar-refractivity contribution in [3.63, 3.8) is 0 Å². The van der Waals surface area contributed by atoms with Gasteiger partial charge in [-0.1, -0.05) is 5.11 Å². The summed E-state index contributed by atoms with van der Waals surface area (Å²) in [5.41, 5.74) is 8.14. The van der Waals surface area contributed by atoms with Gasteiger partial charge in [-0.3, -0.25) is 4.79 Å². The number of carbonyl (C=O) groups excluding carboxylic acids is 1. The molecule has 0 atom stereocenters. The van der Waals surface area contributed by atoms with E-state index in [4.69, 9.17) is 5.53 Å². The number of nitrogens with one attached hydrogen (secondary N) is 2. The molecule has 1 rings (SSSR count). The second-order valence-corrected chi connectivity index (χ2v) is 3.08. The normalized spacial score (nSPS) is 9.41. The lowest BCUT2D eigenvalue weighted by Gasteiger charge is -1.99. The van der Waals surface area contributed by atoms with Gasteiger partial charge in [0.05, 0.1) is 0 Å². The molecule has 0 aliphatic carbocycles. The van der Waals surface area contributed by atoms with Gasteiger partial charge in [0.15, 0.2) is 5.69 Å². The Morgan fingerprint density at radius 3 is 3.00 bits per heavy atom. The van der Waals surface area contributed by atoms with Gasteiger partial charge in [0.25, 0.3) is 5.91 Å². The molecule has 1 aromatic heterocycles. The number of hydrogen-bond donors (Lipinski definition) is 2. The van der Waals surface area contributed by atoms with Gasteiger partial charge in [-0.2, -0.15) is 0 Å². The van der Waals surface area contributed by atoms with Crippen LogP contribution < -0.4 is 5.32 Å². The molecule has 2 N–H and O–H groups in total. The van der Waals surface area contributed by atoms with E-state index >= 15 is 0 Å². The Balaban J connectivity index is 2.41. The molecular weight excluding hydrogens is 228 g/mol. The van der Waals surface area contributed by atoms with Crippen LogP contribution in [-0.2, 0) is 0 Å². The Labute approximate surface area is 95.6 Å². The Kier molecular flexibility index (Phi) is 4.52. The van der Waals surface area contributed by atoms with Crippen molar-refractivity contribution < 1.29 is 9.72 Å². The van der Waals surface area contributed by atoms with E-state index in [9.17, 15) is 14.9 Å². The number of nitro groups is 1. The Morgan fingerprint density at radius 1 is 1.65 bits per heavy atom. The minimum absolute atomic E-state index is 0.125. The number of nitrogens with zero attached hydrogens (tertiary/aromatic N) is 4. The minimum atomic E-state index is -0.613. The highest BCUT2D eigenvalue weighted by Gasteiger charge is 2.14. The summed E-state index contributed by atoms with van der Waals surface area (Å²) < 4.78 is 0. The van der Waals surface area contributed by atoms with E-state index in [0.717, 1.165) is 0 Å². The molecule has 0 aromatic carbocycles. The lowest BCUT2D eigenvalue weighted by molar-refractivity contribution is -0.389. The fourth-order valence-electron chi connectivity index (χ4n) is 1.11. The van der Waals surface area contributed by atoms with Crippen LogP contribution in [0, 0.1) is 10.1 Å². The lowest BCUT2D eigenvalue weighted by atomic mass is 10.4. The van der Waals surface area contributed by atoms with Gasteiger partial charge >= 0.3 is 5.82 Å². The van der Waals surface area contributed by atoms with Crippen LogP contribution in [0.4, 0.5) is 5.82 Å². The number of hydrogen-bond acceptors (Lipinski definition) is 4. The monoisotopic (exact) mass is 238 g/mol. The number of azide groups is 1. The first kappa shape index (κ1) is 12.5. The zero-order valence-corrected chi connectivity index (χ0v) is 8.79. The van der Waals surface area contributed by atoms with Crippen LogP contribution in [0.1, 0.15) is 16.9 Å². The molecule has 0 fully saturated rings. The molecule has 0 aliphatic rings. The van der Waals surface area contributed by atoms with Crippen molar-refractivity contribution in [1.82, 2.24) is 10.3 Å². The molecule has 1 amide bonds. The summed E-state index contributed by atoms with van der Waals surface area (Å²) in [6.07, 6.45) is 0.513. The van der Waals surface area contributed by atoms with Crippen molar-refractivity contribution in [2.45, 2.75) is 6.42 Å². The van der Waals surface area contributed by atoms with Crippen LogP contribution in [-0.4, -0.2) is 28.9 Å². The van der Waals surface area contributed by atoms with Crippen molar-refractivity contribution in [3.05, 3.63) is 38.4 Å².